The Morgan fingerprint density at radius 1 is 1.04 bits per heavy atom. The number of ether oxygens (including phenoxy) is 1. The third kappa shape index (κ3) is 5.18. The van der Waals surface area contributed by atoms with Crippen molar-refractivity contribution in [3.05, 3.63) is 59.7 Å². The van der Waals surface area contributed by atoms with Gasteiger partial charge in [-0.05, 0) is 43.3 Å². The SMILES string of the molecule is CC(=O)Nc1cccc(C(=O)OC(C)C(=O)Nc2cccc(C#N)c2)c1. The van der Waals surface area contributed by atoms with Crippen LogP contribution >= 0.6 is 0 Å². The van der Waals surface area contributed by atoms with E-state index in [2.05, 4.69) is 10.6 Å². The highest BCUT2D eigenvalue weighted by Crippen LogP contribution is 2.14. The molecule has 0 heterocycles. The van der Waals surface area contributed by atoms with Crippen molar-refractivity contribution in [3.63, 3.8) is 0 Å². The summed E-state index contributed by atoms with van der Waals surface area (Å²) in [5, 5.41) is 14.0. The zero-order valence-electron chi connectivity index (χ0n) is 14.3. The van der Waals surface area contributed by atoms with Crippen LogP contribution in [0.2, 0.25) is 0 Å². The van der Waals surface area contributed by atoms with Gasteiger partial charge in [0.1, 0.15) is 0 Å². The Bertz CT molecular complexity index is 886. The van der Waals surface area contributed by atoms with Crippen molar-refractivity contribution in [1.82, 2.24) is 0 Å². The van der Waals surface area contributed by atoms with Gasteiger partial charge in [0.15, 0.2) is 6.10 Å². The molecule has 132 valence electrons. The molecule has 7 heteroatoms. The number of carbonyl (C=O) groups excluding carboxylic acids is 3. The van der Waals surface area contributed by atoms with E-state index in [0.717, 1.165) is 0 Å². The van der Waals surface area contributed by atoms with Crippen molar-refractivity contribution in [1.29, 1.82) is 5.26 Å². The fraction of sp³-hybridized carbons (Fsp3) is 0.158. The molecule has 0 aliphatic heterocycles. The van der Waals surface area contributed by atoms with Gasteiger partial charge in [-0.15, -0.1) is 0 Å². The first-order valence-corrected chi connectivity index (χ1v) is 7.78. The highest BCUT2D eigenvalue weighted by atomic mass is 16.5. The first-order valence-electron chi connectivity index (χ1n) is 7.78. The number of esters is 1. The lowest BCUT2D eigenvalue weighted by Crippen LogP contribution is -2.30. The van der Waals surface area contributed by atoms with Crippen LogP contribution in [0.5, 0.6) is 0 Å². The molecule has 0 saturated heterocycles. The number of hydrogen-bond donors (Lipinski definition) is 2. The first kappa shape index (κ1) is 18.7. The van der Waals surface area contributed by atoms with E-state index >= 15 is 0 Å². The second-order valence-corrected chi connectivity index (χ2v) is 5.49. The van der Waals surface area contributed by atoms with Gasteiger partial charge in [-0.2, -0.15) is 5.26 Å². The zero-order chi connectivity index (χ0) is 19.1. The smallest absolute Gasteiger partial charge is 0.338 e. The predicted molar refractivity (Wildman–Crippen MR) is 95.4 cm³/mol. The fourth-order valence-electron chi connectivity index (χ4n) is 2.12. The maximum Gasteiger partial charge on any atom is 0.338 e. The molecule has 0 aromatic heterocycles. The Hall–Kier alpha value is -3.66. The molecular formula is C19H17N3O4. The first-order chi connectivity index (χ1) is 12.4. The number of hydrogen-bond acceptors (Lipinski definition) is 5. The van der Waals surface area contributed by atoms with E-state index in [4.69, 9.17) is 10.00 Å². The summed E-state index contributed by atoms with van der Waals surface area (Å²) in [6.07, 6.45) is -1.04. The van der Waals surface area contributed by atoms with Crippen LogP contribution in [0.3, 0.4) is 0 Å². The fourth-order valence-corrected chi connectivity index (χ4v) is 2.12. The van der Waals surface area contributed by atoms with Gasteiger partial charge in [-0.1, -0.05) is 12.1 Å². The van der Waals surface area contributed by atoms with Crippen LogP contribution in [-0.4, -0.2) is 23.9 Å². The average Bonchev–Trinajstić information content (AvgIpc) is 2.61. The third-order valence-electron chi connectivity index (χ3n) is 3.33. The zero-order valence-corrected chi connectivity index (χ0v) is 14.3. The molecular weight excluding hydrogens is 334 g/mol. The standard InChI is InChI=1S/C19H17N3O4/c1-12(18(24)22-16-7-3-5-14(9-16)11-20)26-19(25)15-6-4-8-17(10-15)21-13(2)23/h3-10,12H,1-2H3,(H,21,23)(H,22,24). The van der Waals surface area contributed by atoms with E-state index in [1.807, 2.05) is 6.07 Å². The van der Waals surface area contributed by atoms with Gasteiger partial charge in [0.05, 0.1) is 17.2 Å². The van der Waals surface area contributed by atoms with Crippen LogP contribution in [0.4, 0.5) is 11.4 Å². The number of nitrogens with zero attached hydrogens (tertiary/aromatic N) is 1. The van der Waals surface area contributed by atoms with E-state index in [0.29, 0.717) is 16.9 Å². The van der Waals surface area contributed by atoms with Gasteiger partial charge in [0.25, 0.3) is 5.91 Å². The molecule has 2 aromatic rings. The average molecular weight is 351 g/mol. The summed E-state index contributed by atoms with van der Waals surface area (Å²) in [4.78, 5) is 35.4. The topological polar surface area (TPSA) is 108 Å². The summed E-state index contributed by atoms with van der Waals surface area (Å²) in [5.74, 6) is -1.47. The summed E-state index contributed by atoms with van der Waals surface area (Å²) in [6, 6.07) is 14.6. The summed E-state index contributed by atoms with van der Waals surface area (Å²) >= 11 is 0. The van der Waals surface area contributed by atoms with Gasteiger partial charge >= 0.3 is 5.97 Å². The number of anilines is 2. The molecule has 2 rings (SSSR count). The Balaban J connectivity index is 2.00. The highest BCUT2D eigenvalue weighted by Gasteiger charge is 2.19. The number of benzene rings is 2. The Labute approximate surface area is 150 Å². The number of nitrogens with one attached hydrogen (secondary N) is 2. The molecule has 0 bridgehead atoms. The molecule has 1 unspecified atom stereocenters. The molecule has 2 amide bonds. The maximum absolute atomic E-state index is 12.2. The molecule has 0 radical (unpaired) electrons. The summed E-state index contributed by atoms with van der Waals surface area (Å²) in [6.45, 7) is 2.80. The maximum atomic E-state index is 12.2. The summed E-state index contributed by atoms with van der Waals surface area (Å²) < 4.78 is 5.16. The summed E-state index contributed by atoms with van der Waals surface area (Å²) in [7, 11) is 0. The summed E-state index contributed by atoms with van der Waals surface area (Å²) in [5.41, 5.74) is 1.51. The lowest BCUT2D eigenvalue weighted by atomic mass is 10.2. The Morgan fingerprint density at radius 2 is 1.69 bits per heavy atom. The lowest BCUT2D eigenvalue weighted by molar-refractivity contribution is -0.123. The van der Waals surface area contributed by atoms with Gasteiger partial charge < -0.3 is 15.4 Å². The van der Waals surface area contributed by atoms with Gasteiger partial charge in [-0.3, -0.25) is 9.59 Å². The molecule has 0 saturated carbocycles. The van der Waals surface area contributed by atoms with E-state index in [1.54, 1.807) is 30.3 Å². The molecule has 0 aliphatic carbocycles. The molecule has 0 fully saturated rings. The van der Waals surface area contributed by atoms with E-state index < -0.39 is 18.0 Å². The van der Waals surface area contributed by atoms with E-state index in [-0.39, 0.29) is 11.5 Å². The van der Waals surface area contributed by atoms with Gasteiger partial charge in [0, 0.05) is 18.3 Å². The van der Waals surface area contributed by atoms with Crippen molar-refractivity contribution < 1.29 is 19.1 Å². The minimum Gasteiger partial charge on any atom is -0.449 e. The van der Waals surface area contributed by atoms with Crippen LogP contribution in [-0.2, 0) is 14.3 Å². The number of rotatable bonds is 5. The minimum absolute atomic E-state index is 0.211. The number of nitriles is 1. The molecule has 26 heavy (non-hydrogen) atoms. The minimum atomic E-state index is -1.04. The second kappa shape index (κ2) is 8.44. The Kier molecular flexibility index (Phi) is 6.06. The van der Waals surface area contributed by atoms with Crippen LogP contribution in [0.15, 0.2) is 48.5 Å². The number of amides is 2. The number of carbonyl (C=O) groups is 3. The Morgan fingerprint density at radius 3 is 2.35 bits per heavy atom. The highest BCUT2D eigenvalue weighted by molar-refractivity contribution is 5.98. The van der Waals surface area contributed by atoms with Crippen LogP contribution < -0.4 is 10.6 Å². The van der Waals surface area contributed by atoms with Crippen molar-refractivity contribution in [3.8, 4) is 6.07 Å². The van der Waals surface area contributed by atoms with Crippen LogP contribution in [0.1, 0.15) is 29.8 Å². The van der Waals surface area contributed by atoms with Crippen molar-refractivity contribution in [2.45, 2.75) is 20.0 Å². The quantitative estimate of drug-likeness (QED) is 0.805. The largest absolute Gasteiger partial charge is 0.449 e. The third-order valence-corrected chi connectivity index (χ3v) is 3.33. The second-order valence-electron chi connectivity index (χ2n) is 5.49. The molecule has 0 spiro atoms. The molecule has 2 N–H and O–H groups in total. The molecule has 1 atom stereocenters. The molecule has 7 nitrogen and oxygen atoms in total. The van der Waals surface area contributed by atoms with Crippen LogP contribution in [0.25, 0.3) is 0 Å². The van der Waals surface area contributed by atoms with E-state index in [1.165, 1.54) is 32.0 Å². The van der Waals surface area contributed by atoms with Gasteiger partial charge in [-0.25, -0.2) is 4.79 Å². The van der Waals surface area contributed by atoms with Crippen molar-refractivity contribution >= 4 is 29.2 Å². The van der Waals surface area contributed by atoms with Crippen molar-refractivity contribution in [2.24, 2.45) is 0 Å². The molecule has 2 aromatic carbocycles. The van der Waals surface area contributed by atoms with Gasteiger partial charge in [0.2, 0.25) is 5.91 Å². The van der Waals surface area contributed by atoms with E-state index in [9.17, 15) is 14.4 Å². The normalized spacial score (nSPS) is 11.0. The molecule has 0 aliphatic rings. The van der Waals surface area contributed by atoms with Crippen LogP contribution in [0, 0.1) is 11.3 Å². The van der Waals surface area contributed by atoms with Crippen molar-refractivity contribution in [2.75, 3.05) is 10.6 Å². The lowest BCUT2D eigenvalue weighted by Gasteiger charge is -2.14. The monoisotopic (exact) mass is 351 g/mol. The predicted octanol–water partition coefficient (Wildman–Crippen LogP) is 2.70.